The van der Waals surface area contributed by atoms with Gasteiger partial charge in [0.05, 0.1) is 5.69 Å². The van der Waals surface area contributed by atoms with E-state index in [9.17, 15) is 0 Å². The van der Waals surface area contributed by atoms with Gasteiger partial charge in [-0.2, -0.15) is 5.26 Å². The van der Waals surface area contributed by atoms with E-state index in [1.54, 1.807) is 0 Å². The van der Waals surface area contributed by atoms with Crippen LogP contribution in [0.5, 0.6) is 0 Å². The smallest absolute Gasteiger partial charge is 0.163 e. The number of nitriles is 1. The van der Waals surface area contributed by atoms with E-state index < -0.39 is 0 Å². The summed E-state index contributed by atoms with van der Waals surface area (Å²) in [6, 6.07) is 15.7. The van der Waals surface area contributed by atoms with Crippen LogP contribution < -0.4 is 0 Å². The fourth-order valence-electron chi connectivity index (χ4n) is 2.41. The lowest BCUT2D eigenvalue weighted by atomic mass is 10.1. The quantitative estimate of drug-likeness (QED) is 0.614. The van der Waals surface area contributed by atoms with Crippen molar-refractivity contribution in [3.63, 3.8) is 0 Å². The van der Waals surface area contributed by atoms with E-state index in [1.807, 2.05) is 59.3 Å². The van der Waals surface area contributed by atoms with Crippen molar-refractivity contribution in [2.45, 2.75) is 0 Å². The van der Waals surface area contributed by atoms with Crippen molar-refractivity contribution < 1.29 is 0 Å². The number of rotatable bonds is 2. The third-order valence-corrected chi connectivity index (χ3v) is 3.46. The van der Waals surface area contributed by atoms with Crippen LogP contribution in [0.3, 0.4) is 0 Å². The molecule has 104 valence electrons. The number of hydrogen-bond acceptors (Lipinski definition) is 4. The Kier molecular flexibility index (Phi) is 2.70. The molecule has 0 fully saturated rings. The van der Waals surface area contributed by atoms with E-state index in [2.05, 4.69) is 26.5 Å². The van der Waals surface area contributed by atoms with Crippen molar-refractivity contribution in [3.05, 3.63) is 60.6 Å². The lowest BCUT2D eigenvalue weighted by Crippen LogP contribution is -1.84. The predicted octanol–water partition coefficient (Wildman–Crippen LogP) is 2.66. The monoisotopic (exact) mass is 286 g/mol. The van der Waals surface area contributed by atoms with Gasteiger partial charge in [-0.25, -0.2) is 10.1 Å². The highest BCUT2D eigenvalue weighted by Crippen LogP contribution is 2.26. The van der Waals surface area contributed by atoms with Crippen LogP contribution in [-0.2, 0) is 0 Å². The minimum absolute atomic E-state index is 0.354. The zero-order valence-corrected chi connectivity index (χ0v) is 11.4. The first-order valence-corrected chi connectivity index (χ1v) is 6.71. The molecule has 4 rings (SSSR count). The molecule has 1 aromatic carbocycles. The van der Waals surface area contributed by atoms with Gasteiger partial charge in [-0.15, -0.1) is 5.10 Å². The highest BCUT2D eigenvalue weighted by atomic mass is 15.3. The van der Waals surface area contributed by atoms with Crippen molar-refractivity contribution in [1.82, 2.24) is 24.8 Å². The molecule has 0 aliphatic rings. The molecule has 0 aliphatic heterocycles. The molecule has 4 aromatic rings. The summed E-state index contributed by atoms with van der Waals surface area (Å²) < 4.78 is 1.97. The van der Waals surface area contributed by atoms with Crippen molar-refractivity contribution in [3.8, 4) is 28.6 Å². The van der Waals surface area contributed by atoms with Gasteiger partial charge >= 0.3 is 0 Å². The van der Waals surface area contributed by atoms with Crippen molar-refractivity contribution in [2.24, 2.45) is 0 Å². The molecule has 3 aromatic heterocycles. The summed E-state index contributed by atoms with van der Waals surface area (Å²) in [6.07, 6.45) is 3.93. The Morgan fingerprint density at radius 2 is 2.00 bits per heavy atom. The summed E-state index contributed by atoms with van der Waals surface area (Å²) in [7, 11) is 0. The molecule has 0 unspecified atom stereocenters. The van der Waals surface area contributed by atoms with Crippen LogP contribution >= 0.6 is 0 Å². The van der Waals surface area contributed by atoms with Crippen molar-refractivity contribution in [1.29, 1.82) is 5.26 Å². The maximum absolute atomic E-state index is 9.07. The number of nitrogens with zero attached hydrogens (tertiary/aromatic N) is 5. The number of hydrogen-bond donors (Lipinski definition) is 1. The number of nitrogens with one attached hydrogen (secondary N) is 1. The topological polar surface area (TPSA) is 82.7 Å². The zero-order chi connectivity index (χ0) is 14.9. The average molecular weight is 286 g/mol. The van der Waals surface area contributed by atoms with Gasteiger partial charge in [0, 0.05) is 23.5 Å². The van der Waals surface area contributed by atoms with E-state index >= 15 is 0 Å². The highest BCUT2D eigenvalue weighted by Gasteiger charge is 2.11. The predicted molar refractivity (Wildman–Crippen MR) is 80.7 cm³/mol. The second-order valence-corrected chi connectivity index (χ2v) is 4.82. The third-order valence-electron chi connectivity index (χ3n) is 3.46. The van der Waals surface area contributed by atoms with E-state index in [4.69, 9.17) is 5.26 Å². The number of aromatic amines is 1. The molecule has 0 saturated heterocycles. The van der Waals surface area contributed by atoms with Crippen molar-refractivity contribution >= 4 is 5.65 Å². The Morgan fingerprint density at radius 1 is 1.09 bits per heavy atom. The molecule has 0 atom stereocenters. The molecule has 22 heavy (non-hydrogen) atoms. The normalized spacial score (nSPS) is 10.7. The van der Waals surface area contributed by atoms with Crippen LogP contribution in [-0.4, -0.2) is 24.8 Å². The Hall–Kier alpha value is -3.46. The second kappa shape index (κ2) is 4.82. The first kappa shape index (κ1) is 12.3. The Balaban J connectivity index is 1.84. The fraction of sp³-hybridized carbons (Fsp3) is 0. The minimum atomic E-state index is 0.354. The van der Waals surface area contributed by atoms with Gasteiger partial charge < -0.3 is 4.40 Å². The second-order valence-electron chi connectivity index (χ2n) is 4.82. The molecule has 0 bridgehead atoms. The van der Waals surface area contributed by atoms with Crippen LogP contribution in [0.1, 0.15) is 5.69 Å². The molecule has 0 aliphatic carbocycles. The first-order valence-electron chi connectivity index (χ1n) is 6.71. The van der Waals surface area contributed by atoms with Crippen LogP contribution in [0.2, 0.25) is 0 Å². The number of aromatic nitrogens is 5. The van der Waals surface area contributed by atoms with Gasteiger partial charge in [0.25, 0.3) is 0 Å². The standard InChI is InChI=1S/C16H10N6/c17-9-13-16(20-21-19-13)12-5-3-4-11(8-12)14-10-22-7-2-1-6-15(22)18-14/h1-8,10H,(H,19,20,21). The van der Waals surface area contributed by atoms with Gasteiger partial charge in [-0.05, 0) is 18.2 Å². The van der Waals surface area contributed by atoms with E-state index in [0.29, 0.717) is 11.4 Å². The van der Waals surface area contributed by atoms with Crippen LogP contribution in [0.15, 0.2) is 54.9 Å². The zero-order valence-electron chi connectivity index (χ0n) is 11.4. The SMILES string of the molecule is N#Cc1[nH]nnc1-c1cccc(-c2cn3ccccc3n2)c1. The summed E-state index contributed by atoms with van der Waals surface area (Å²) in [5.41, 5.74) is 4.46. The van der Waals surface area contributed by atoms with Gasteiger partial charge in [0.15, 0.2) is 5.69 Å². The number of pyridine rings is 1. The maximum Gasteiger partial charge on any atom is 0.163 e. The summed E-state index contributed by atoms with van der Waals surface area (Å²) in [5.74, 6) is 0. The number of benzene rings is 1. The van der Waals surface area contributed by atoms with E-state index in [1.165, 1.54) is 0 Å². The molecule has 1 N–H and O–H groups in total. The lowest BCUT2D eigenvalue weighted by molar-refractivity contribution is 0.937. The third kappa shape index (κ3) is 1.93. The van der Waals surface area contributed by atoms with Crippen molar-refractivity contribution in [2.75, 3.05) is 0 Å². The van der Waals surface area contributed by atoms with E-state index in [0.717, 1.165) is 22.5 Å². The minimum Gasteiger partial charge on any atom is -0.306 e. The fourth-order valence-corrected chi connectivity index (χ4v) is 2.41. The number of H-pyrrole nitrogens is 1. The Bertz CT molecular complexity index is 972. The lowest BCUT2D eigenvalue weighted by Gasteiger charge is -2.00. The van der Waals surface area contributed by atoms with Gasteiger partial charge in [0.2, 0.25) is 0 Å². The molecule has 0 saturated carbocycles. The summed E-state index contributed by atoms with van der Waals surface area (Å²) >= 11 is 0. The molecule has 0 spiro atoms. The molecule has 3 heterocycles. The van der Waals surface area contributed by atoms with Crippen LogP contribution in [0.4, 0.5) is 0 Å². The Morgan fingerprint density at radius 3 is 2.86 bits per heavy atom. The number of fused-ring (bicyclic) bond motifs is 1. The molecular formula is C16H10N6. The van der Waals surface area contributed by atoms with Gasteiger partial charge in [-0.3, -0.25) is 0 Å². The summed E-state index contributed by atoms with van der Waals surface area (Å²) in [5, 5.41) is 19.3. The molecule has 0 amide bonds. The molecule has 0 radical (unpaired) electrons. The largest absolute Gasteiger partial charge is 0.306 e. The van der Waals surface area contributed by atoms with Crippen LogP contribution in [0.25, 0.3) is 28.2 Å². The van der Waals surface area contributed by atoms with Gasteiger partial charge in [0.1, 0.15) is 17.4 Å². The first-order chi connectivity index (χ1) is 10.8. The van der Waals surface area contributed by atoms with Crippen LogP contribution in [0, 0.1) is 11.3 Å². The molecule has 6 nitrogen and oxygen atoms in total. The molecular weight excluding hydrogens is 276 g/mol. The summed E-state index contributed by atoms with van der Waals surface area (Å²) in [6.45, 7) is 0. The maximum atomic E-state index is 9.07. The van der Waals surface area contributed by atoms with E-state index in [-0.39, 0.29) is 0 Å². The number of imidazole rings is 1. The summed E-state index contributed by atoms with van der Waals surface area (Å²) in [4.78, 5) is 4.60. The Labute approximate surface area is 125 Å². The molecule has 6 heteroatoms. The average Bonchev–Trinajstić information content (AvgIpc) is 3.21. The van der Waals surface area contributed by atoms with Gasteiger partial charge in [-0.1, -0.05) is 29.5 Å². The highest BCUT2D eigenvalue weighted by molar-refractivity contribution is 5.72.